The monoisotopic (exact) mass is 201 g/mol. The number of hydrogen-bond donors (Lipinski definition) is 2. The zero-order valence-corrected chi connectivity index (χ0v) is 7.70. The highest BCUT2D eigenvalue weighted by atomic mass is 16.2. The summed E-state index contributed by atoms with van der Waals surface area (Å²) in [6.45, 7) is 0. The van der Waals surface area contributed by atoms with E-state index in [0.717, 1.165) is 16.6 Å². The summed E-state index contributed by atoms with van der Waals surface area (Å²) in [4.78, 5) is 29.6. The zero-order valence-electron chi connectivity index (χ0n) is 7.70. The molecule has 15 heavy (non-hydrogen) atoms. The number of rotatable bonds is 0. The highest BCUT2D eigenvalue weighted by Gasteiger charge is 2.22. The average molecular weight is 201 g/mol. The smallest absolute Gasteiger partial charge is 0.258 e. The summed E-state index contributed by atoms with van der Waals surface area (Å²) in [6, 6.07) is 3.50. The second kappa shape index (κ2) is 2.66. The Bertz CT molecular complexity index is 585. The summed E-state index contributed by atoms with van der Waals surface area (Å²) in [5, 5.41) is 2.28. The number of amides is 2. The molecule has 5 nitrogen and oxygen atoms in total. The fourth-order valence-electron chi connectivity index (χ4n) is 1.80. The largest absolute Gasteiger partial charge is 0.345 e. The van der Waals surface area contributed by atoms with Crippen molar-refractivity contribution in [2.45, 2.75) is 6.42 Å². The number of carbonyl (C=O) groups excluding carboxylic acids is 2. The first kappa shape index (κ1) is 8.16. The van der Waals surface area contributed by atoms with E-state index in [2.05, 4.69) is 15.3 Å². The molecule has 5 heteroatoms. The second-order valence-corrected chi connectivity index (χ2v) is 3.48. The van der Waals surface area contributed by atoms with Crippen LogP contribution in [-0.2, 0) is 11.2 Å². The van der Waals surface area contributed by atoms with Crippen molar-refractivity contribution in [1.82, 2.24) is 15.3 Å². The number of H-pyrrole nitrogens is 1. The van der Waals surface area contributed by atoms with Crippen LogP contribution in [0.2, 0.25) is 0 Å². The molecular formula is C10H7N3O2. The number of imidazole rings is 1. The summed E-state index contributed by atoms with van der Waals surface area (Å²) in [5.74, 6) is -0.600. The predicted molar refractivity (Wildman–Crippen MR) is 52.3 cm³/mol. The minimum absolute atomic E-state index is 0.246. The van der Waals surface area contributed by atoms with Gasteiger partial charge in [-0.1, -0.05) is 0 Å². The molecule has 0 atom stereocenters. The number of hydrogen-bond acceptors (Lipinski definition) is 3. The first-order valence-corrected chi connectivity index (χ1v) is 4.54. The topological polar surface area (TPSA) is 74.8 Å². The van der Waals surface area contributed by atoms with E-state index in [0.29, 0.717) is 5.56 Å². The van der Waals surface area contributed by atoms with Gasteiger partial charge in [-0.2, -0.15) is 0 Å². The van der Waals surface area contributed by atoms with Gasteiger partial charge in [0.25, 0.3) is 5.91 Å². The lowest BCUT2D eigenvalue weighted by Gasteiger charge is -2.14. The van der Waals surface area contributed by atoms with E-state index in [1.165, 1.54) is 0 Å². The van der Waals surface area contributed by atoms with Crippen LogP contribution in [0.15, 0.2) is 18.5 Å². The molecule has 0 aliphatic carbocycles. The third kappa shape index (κ3) is 1.13. The zero-order chi connectivity index (χ0) is 10.4. The Kier molecular flexibility index (Phi) is 1.45. The Morgan fingerprint density at radius 2 is 2.13 bits per heavy atom. The van der Waals surface area contributed by atoms with Crippen molar-refractivity contribution in [3.8, 4) is 0 Å². The van der Waals surface area contributed by atoms with Crippen LogP contribution >= 0.6 is 0 Å². The van der Waals surface area contributed by atoms with Crippen molar-refractivity contribution in [2.75, 3.05) is 0 Å². The molecule has 0 saturated carbocycles. The van der Waals surface area contributed by atoms with Gasteiger partial charge in [0.1, 0.15) is 0 Å². The molecule has 0 radical (unpaired) electrons. The van der Waals surface area contributed by atoms with Gasteiger partial charge in [-0.3, -0.25) is 14.9 Å². The number of carbonyl (C=O) groups is 2. The van der Waals surface area contributed by atoms with E-state index in [1.807, 2.05) is 0 Å². The lowest BCUT2D eigenvalue weighted by atomic mass is 9.99. The van der Waals surface area contributed by atoms with E-state index in [4.69, 9.17) is 0 Å². The van der Waals surface area contributed by atoms with Gasteiger partial charge in [-0.25, -0.2) is 4.98 Å². The fourth-order valence-corrected chi connectivity index (χ4v) is 1.80. The Morgan fingerprint density at radius 3 is 3.00 bits per heavy atom. The maximum Gasteiger partial charge on any atom is 0.258 e. The molecule has 0 bridgehead atoms. The molecule has 3 rings (SSSR count). The minimum Gasteiger partial charge on any atom is -0.345 e. The first-order valence-electron chi connectivity index (χ1n) is 4.54. The second-order valence-electron chi connectivity index (χ2n) is 3.48. The number of imide groups is 1. The van der Waals surface area contributed by atoms with E-state index < -0.39 is 0 Å². The number of aromatic amines is 1. The standard InChI is InChI=1S/C10H7N3O2/c14-9-2-5-1-7-8(12-4-11-7)3-6(5)10(15)13-9/h1,3-4H,2H2,(H,11,12)(H,13,14,15). The number of nitrogens with zero attached hydrogens (tertiary/aromatic N) is 1. The molecule has 0 unspecified atom stereocenters. The van der Waals surface area contributed by atoms with Crippen LogP contribution in [0, 0.1) is 0 Å². The summed E-state index contributed by atoms with van der Waals surface area (Å²) < 4.78 is 0. The van der Waals surface area contributed by atoms with Crippen LogP contribution in [-0.4, -0.2) is 21.8 Å². The highest BCUT2D eigenvalue weighted by molar-refractivity contribution is 6.11. The van der Waals surface area contributed by atoms with E-state index in [-0.39, 0.29) is 18.2 Å². The molecule has 0 saturated heterocycles. The lowest BCUT2D eigenvalue weighted by molar-refractivity contribution is -0.119. The Labute approximate surface area is 84.5 Å². The van der Waals surface area contributed by atoms with Crippen molar-refractivity contribution in [3.05, 3.63) is 29.6 Å². The summed E-state index contributed by atoms with van der Waals surface area (Å²) in [7, 11) is 0. The van der Waals surface area contributed by atoms with Crippen LogP contribution in [0.1, 0.15) is 15.9 Å². The van der Waals surface area contributed by atoms with Crippen LogP contribution in [0.25, 0.3) is 11.0 Å². The number of fused-ring (bicyclic) bond motifs is 2. The van der Waals surface area contributed by atoms with Crippen LogP contribution < -0.4 is 5.32 Å². The Balaban J connectivity index is 2.30. The average Bonchev–Trinajstić information content (AvgIpc) is 2.61. The normalized spacial score (nSPS) is 15.2. The quantitative estimate of drug-likeness (QED) is 0.605. The van der Waals surface area contributed by atoms with Crippen LogP contribution in [0.3, 0.4) is 0 Å². The van der Waals surface area contributed by atoms with Crippen molar-refractivity contribution >= 4 is 22.8 Å². The number of benzene rings is 1. The maximum atomic E-state index is 11.5. The van der Waals surface area contributed by atoms with Gasteiger partial charge in [0.05, 0.1) is 23.8 Å². The highest BCUT2D eigenvalue weighted by Crippen LogP contribution is 2.20. The third-order valence-corrected chi connectivity index (χ3v) is 2.49. The van der Waals surface area contributed by atoms with E-state index in [1.54, 1.807) is 18.5 Å². The molecule has 2 amide bonds. The van der Waals surface area contributed by atoms with Crippen LogP contribution in [0.5, 0.6) is 0 Å². The Hall–Kier alpha value is -2.17. The molecule has 2 N–H and O–H groups in total. The van der Waals surface area contributed by atoms with Gasteiger partial charge in [0.2, 0.25) is 5.91 Å². The van der Waals surface area contributed by atoms with Gasteiger partial charge >= 0.3 is 0 Å². The fraction of sp³-hybridized carbons (Fsp3) is 0.100. The Morgan fingerprint density at radius 1 is 1.27 bits per heavy atom. The molecule has 1 aliphatic heterocycles. The lowest BCUT2D eigenvalue weighted by Crippen LogP contribution is -2.37. The van der Waals surface area contributed by atoms with Crippen molar-refractivity contribution < 1.29 is 9.59 Å². The third-order valence-electron chi connectivity index (χ3n) is 2.49. The predicted octanol–water partition coefficient (Wildman–Crippen LogP) is 0.375. The summed E-state index contributed by atoms with van der Waals surface area (Å²) in [6.07, 6.45) is 1.81. The molecule has 1 aromatic heterocycles. The van der Waals surface area contributed by atoms with Gasteiger partial charge in [0.15, 0.2) is 0 Å². The summed E-state index contributed by atoms with van der Waals surface area (Å²) >= 11 is 0. The molecule has 2 heterocycles. The van der Waals surface area contributed by atoms with E-state index in [9.17, 15) is 9.59 Å². The SMILES string of the molecule is O=C1Cc2cc3[nH]cnc3cc2C(=O)N1. The van der Waals surface area contributed by atoms with Gasteiger partial charge in [-0.15, -0.1) is 0 Å². The maximum absolute atomic E-state index is 11.5. The molecule has 2 aromatic rings. The molecule has 74 valence electrons. The molecule has 0 spiro atoms. The van der Waals surface area contributed by atoms with Gasteiger partial charge in [-0.05, 0) is 17.7 Å². The summed E-state index contributed by atoms with van der Waals surface area (Å²) in [5.41, 5.74) is 2.86. The molecule has 0 fully saturated rings. The number of aromatic nitrogens is 2. The molecule has 1 aromatic carbocycles. The van der Waals surface area contributed by atoms with Crippen molar-refractivity contribution in [3.63, 3.8) is 0 Å². The van der Waals surface area contributed by atoms with E-state index >= 15 is 0 Å². The number of nitrogens with one attached hydrogen (secondary N) is 2. The van der Waals surface area contributed by atoms with Crippen molar-refractivity contribution in [1.29, 1.82) is 0 Å². The van der Waals surface area contributed by atoms with Crippen LogP contribution in [0.4, 0.5) is 0 Å². The molecule has 1 aliphatic rings. The van der Waals surface area contributed by atoms with Gasteiger partial charge in [0, 0.05) is 5.56 Å². The minimum atomic E-state index is -0.342. The van der Waals surface area contributed by atoms with Gasteiger partial charge < -0.3 is 4.98 Å². The molecular weight excluding hydrogens is 194 g/mol. The first-order chi connectivity index (χ1) is 7.24. The van der Waals surface area contributed by atoms with Crippen molar-refractivity contribution in [2.24, 2.45) is 0 Å².